The van der Waals surface area contributed by atoms with Crippen molar-refractivity contribution in [2.45, 2.75) is 13.8 Å². The van der Waals surface area contributed by atoms with Crippen molar-refractivity contribution in [2.75, 3.05) is 0 Å². The third kappa shape index (κ3) is 8.34. The van der Waals surface area contributed by atoms with Crippen LogP contribution in [0.5, 0.6) is 11.8 Å². The van der Waals surface area contributed by atoms with Crippen molar-refractivity contribution >= 4 is 57.3 Å². The summed E-state index contributed by atoms with van der Waals surface area (Å²) in [5, 5.41) is 52.4. The number of carbonyl (C=O) groups is 2. The molecule has 0 aliphatic rings. The Balaban J connectivity index is 0.000000189. The zero-order valence-corrected chi connectivity index (χ0v) is 31.5. The van der Waals surface area contributed by atoms with Crippen LogP contribution in [0.15, 0.2) is 143 Å². The van der Waals surface area contributed by atoms with Crippen LogP contribution in [-0.2, 0) is 16.8 Å². The first-order valence-electron chi connectivity index (χ1n) is 17.4. The topological polar surface area (TPSA) is 175 Å². The standard InChI is InChI=1S/2C22H17N3O3.Co/c2*1-14-19(21(26)25(24-14)17-9-3-2-4-10-17)13-23-20-12-16-8-6-5-7-15(16)11-18(20)22(27)28;/h2*2-13,26H,1H3,(H,27,28);. The Bertz CT molecular complexity index is 2620. The van der Waals surface area contributed by atoms with Crippen LogP contribution in [0.3, 0.4) is 0 Å². The Labute approximate surface area is 336 Å². The molecule has 0 aliphatic carbocycles. The average molecular weight is 802 g/mol. The predicted molar refractivity (Wildman–Crippen MR) is 216 cm³/mol. The molecule has 8 aromatic rings. The average Bonchev–Trinajstić information content (AvgIpc) is 3.67. The second kappa shape index (κ2) is 17.0. The summed E-state index contributed by atoms with van der Waals surface area (Å²) in [6, 6.07) is 40.2. The molecule has 4 N–H and O–H groups in total. The molecular weight excluding hydrogens is 767 g/mol. The third-order valence-electron chi connectivity index (χ3n) is 9.02. The van der Waals surface area contributed by atoms with E-state index in [1.807, 2.05) is 109 Å². The number of benzene rings is 6. The summed E-state index contributed by atoms with van der Waals surface area (Å²) in [5.41, 5.74) is 4.33. The summed E-state index contributed by atoms with van der Waals surface area (Å²) in [6.07, 6.45) is 2.90. The molecule has 0 atom stereocenters. The number of aromatic nitrogens is 4. The van der Waals surface area contributed by atoms with Gasteiger partial charge in [-0.25, -0.2) is 19.0 Å². The molecule has 0 saturated carbocycles. The van der Waals surface area contributed by atoms with Gasteiger partial charge in [0.05, 0.1) is 56.4 Å². The maximum atomic E-state index is 11.7. The largest absolute Gasteiger partial charge is 0.493 e. The Morgan fingerprint density at radius 3 is 1.18 bits per heavy atom. The molecule has 0 fully saturated rings. The van der Waals surface area contributed by atoms with Crippen molar-refractivity contribution in [1.82, 2.24) is 19.6 Å². The molecule has 0 saturated heterocycles. The number of rotatable bonds is 8. The van der Waals surface area contributed by atoms with E-state index in [1.54, 1.807) is 38.1 Å². The van der Waals surface area contributed by atoms with Crippen LogP contribution in [0.1, 0.15) is 43.2 Å². The molecule has 0 spiro atoms. The molecule has 8 rings (SSSR count). The van der Waals surface area contributed by atoms with Crippen LogP contribution in [0.2, 0.25) is 0 Å². The Morgan fingerprint density at radius 1 is 0.526 bits per heavy atom. The fraction of sp³-hybridized carbons (Fsp3) is 0.0455. The van der Waals surface area contributed by atoms with Crippen molar-refractivity contribution in [3.63, 3.8) is 0 Å². The summed E-state index contributed by atoms with van der Waals surface area (Å²) in [5.74, 6) is -2.21. The number of carboxylic acid groups (broad SMARTS) is 2. The van der Waals surface area contributed by atoms with E-state index in [0.717, 1.165) is 32.9 Å². The second-order valence-electron chi connectivity index (χ2n) is 12.7. The summed E-state index contributed by atoms with van der Waals surface area (Å²) in [6.45, 7) is 3.53. The third-order valence-corrected chi connectivity index (χ3v) is 9.02. The van der Waals surface area contributed by atoms with Gasteiger partial charge in [0.2, 0.25) is 11.8 Å². The number of hydrogen-bond donors (Lipinski definition) is 4. The minimum Gasteiger partial charge on any atom is -0.493 e. The van der Waals surface area contributed by atoms with E-state index in [4.69, 9.17) is 0 Å². The fourth-order valence-corrected chi connectivity index (χ4v) is 6.14. The van der Waals surface area contributed by atoms with Crippen molar-refractivity contribution in [3.8, 4) is 23.1 Å². The van der Waals surface area contributed by atoms with Crippen molar-refractivity contribution < 1.29 is 46.8 Å². The molecule has 57 heavy (non-hydrogen) atoms. The molecule has 2 heterocycles. The maximum Gasteiger partial charge on any atom is 0.337 e. The number of aryl methyl sites for hydroxylation is 2. The Morgan fingerprint density at radius 2 is 0.842 bits per heavy atom. The number of aliphatic imine (C=N–C) groups is 2. The van der Waals surface area contributed by atoms with E-state index in [9.17, 15) is 30.0 Å². The van der Waals surface area contributed by atoms with Crippen LogP contribution in [0.25, 0.3) is 32.9 Å². The van der Waals surface area contributed by atoms with Crippen LogP contribution in [0, 0.1) is 13.8 Å². The Hall–Kier alpha value is -7.35. The van der Waals surface area contributed by atoms with Gasteiger partial charge in [-0.2, -0.15) is 10.2 Å². The van der Waals surface area contributed by atoms with Crippen LogP contribution >= 0.6 is 0 Å². The van der Waals surface area contributed by atoms with Gasteiger partial charge in [0, 0.05) is 29.2 Å². The first-order valence-corrected chi connectivity index (χ1v) is 17.4. The molecule has 0 amide bonds. The van der Waals surface area contributed by atoms with E-state index in [0.29, 0.717) is 33.9 Å². The predicted octanol–water partition coefficient (Wildman–Crippen LogP) is 8.97. The molecule has 0 bridgehead atoms. The van der Waals surface area contributed by atoms with Gasteiger partial charge in [0.15, 0.2) is 0 Å². The van der Waals surface area contributed by atoms with E-state index >= 15 is 0 Å². The normalized spacial score (nSPS) is 11.1. The molecule has 0 aliphatic heterocycles. The van der Waals surface area contributed by atoms with Gasteiger partial charge in [-0.1, -0.05) is 84.9 Å². The number of nitrogens with zero attached hydrogens (tertiary/aromatic N) is 6. The minimum absolute atomic E-state index is 0. The molecule has 0 unspecified atom stereocenters. The number of para-hydroxylation sites is 2. The van der Waals surface area contributed by atoms with E-state index in [-0.39, 0.29) is 39.7 Å². The molecule has 12 nitrogen and oxygen atoms in total. The number of fused-ring (bicyclic) bond motifs is 2. The molecule has 6 aromatic carbocycles. The first-order chi connectivity index (χ1) is 27.1. The fourth-order valence-electron chi connectivity index (χ4n) is 6.14. The van der Waals surface area contributed by atoms with Gasteiger partial charge in [0.1, 0.15) is 0 Å². The summed E-state index contributed by atoms with van der Waals surface area (Å²) in [4.78, 5) is 32.0. The van der Waals surface area contributed by atoms with Crippen LogP contribution < -0.4 is 0 Å². The molecule has 2 aromatic heterocycles. The monoisotopic (exact) mass is 801 g/mol. The quantitative estimate of drug-likeness (QED) is 0.110. The van der Waals surface area contributed by atoms with Gasteiger partial charge >= 0.3 is 11.9 Å². The molecule has 285 valence electrons. The number of aromatic hydroxyl groups is 2. The molecule has 13 heteroatoms. The van der Waals surface area contributed by atoms with Gasteiger partial charge in [-0.15, -0.1) is 0 Å². The van der Waals surface area contributed by atoms with E-state index < -0.39 is 11.9 Å². The maximum absolute atomic E-state index is 11.7. The van der Waals surface area contributed by atoms with Crippen LogP contribution in [0.4, 0.5) is 11.4 Å². The zero-order valence-electron chi connectivity index (χ0n) is 30.5. The van der Waals surface area contributed by atoms with Gasteiger partial charge in [0.25, 0.3) is 0 Å². The van der Waals surface area contributed by atoms with Crippen LogP contribution in [-0.4, -0.2) is 64.4 Å². The second-order valence-corrected chi connectivity index (χ2v) is 12.7. The summed E-state index contributed by atoms with van der Waals surface area (Å²) < 4.78 is 2.85. The smallest absolute Gasteiger partial charge is 0.337 e. The minimum atomic E-state index is -1.06. The zero-order chi connectivity index (χ0) is 39.3. The number of aromatic carboxylic acids is 2. The van der Waals surface area contributed by atoms with Gasteiger partial charge < -0.3 is 20.4 Å². The van der Waals surface area contributed by atoms with Crippen molar-refractivity contribution in [1.29, 1.82) is 0 Å². The van der Waals surface area contributed by atoms with Gasteiger partial charge in [-0.3, -0.25) is 9.98 Å². The summed E-state index contributed by atoms with van der Waals surface area (Å²) >= 11 is 0. The van der Waals surface area contributed by atoms with Crippen molar-refractivity contribution in [3.05, 3.63) is 167 Å². The van der Waals surface area contributed by atoms with E-state index in [1.165, 1.54) is 21.8 Å². The molecule has 1 radical (unpaired) electrons. The first kappa shape index (κ1) is 39.3. The van der Waals surface area contributed by atoms with Crippen molar-refractivity contribution in [2.24, 2.45) is 9.98 Å². The number of carboxylic acids is 2. The summed E-state index contributed by atoms with van der Waals surface area (Å²) in [7, 11) is 0. The SMILES string of the molecule is Cc1nn(-c2ccccc2)c(O)c1C=Nc1cc2ccccc2cc1C(=O)O.Cc1nn(-c2ccccc2)c(O)c1C=Nc1cc2ccccc2cc1C(=O)O.[Co]. The Kier molecular flexibility index (Phi) is 11.7. The van der Waals surface area contributed by atoms with E-state index in [2.05, 4.69) is 20.2 Å². The molecular formula is C44H34CoN6O6. The number of hydrogen-bond acceptors (Lipinski definition) is 8. The van der Waals surface area contributed by atoms with Gasteiger partial charge in [-0.05, 0) is 83.9 Å².